The first-order valence-corrected chi connectivity index (χ1v) is 13.1. The number of ether oxygens (including phenoxy) is 1. The Bertz CT molecular complexity index is 1260. The van der Waals surface area contributed by atoms with E-state index in [0.717, 1.165) is 54.6 Å². The Morgan fingerprint density at radius 2 is 2.09 bits per heavy atom. The van der Waals surface area contributed by atoms with Gasteiger partial charge in [-0.2, -0.15) is 5.10 Å². The molecule has 3 heterocycles. The highest BCUT2D eigenvalue weighted by molar-refractivity contribution is 7.91. The van der Waals surface area contributed by atoms with Gasteiger partial charge in [0.2, 0.25) is 5.88 Å². The number of anilines is 1. The lowest BCUT2D eigenvalue weighted by molar-refractivity contribution is 0.0417. The van der Waals surface area contributed by atoms with Crippen molar-refractivity contribution in [2.24, 2.45) is 9.50 Å². The number of likely N-dealkylation sites (tertiary alicyclic amines) is 1. The molecule has 0 bridgehead atoms. The lowest BCUT2D eigenvalue weighted by Crippen LogP contribution is -2.51. The van der Waals surface area contributed by atoms with Gasteiger partial charge in [-0.05, 0) is 61.0 Å². The predicted octanol–water partition coefficient (Wildman–Crippen LogP) is 2.21. The van der Waals surface area contributed by atoms with Gasteiger partial charge in [-0.1, -0.05) is 6.07 Å². The fourth-order valence-electron chi connectivity index (χ4n) is 5.44. The van der Waals surface area contributed by atoms with Crippen LogP contribution in [-0.4, -0.2) is 56.8 Å². The lowest BCUT2D eigenvalue weighted by atomic mass is 9.99. The lowest BCUT2D eigenvalue weighted by Gasteiger charge is -2.40. The molecule has 0 saturated carbocycles. The first kappa shape index (κ1) is 21.1. The number of hydrogen-bond donors (Lipinski definition) is 2. The van der Waals surface area contributed by atoms with Crippen LogP contribution in [0.5, 0.6) is 5.88 Å². The number of benzene rings is 1. The van der Waals surface area contributed by atoms with Crippen molar-refractivity contribution < 1.29 is 18.1 Å². The zero-order valence-electron chi connectivity index (χ0n) is 18.3. The molecule has 3 N–H and O–H groups in total. The molecular weight excluding hydrogens is 447 g/mol. The summed E-state index contributed by atoms with van der Waals surface area (Å²) >= 11 is 0. The third-order valence-electron chi connectivity index (χ3n) is 7.20. The molecule has 1 aromatic heterocycles. The summed E-state index contributed by atoms with van der Waals surface area (Å²) in [7, 11) is -3.58. The molecule has 11 heteroatoms. The van der Waals surface area contributed by atoms with Crippen LogP contribution in [-0.2, 0) is 42.1 Å². The number of nitrogens with zero attached hydrogens (tertiary/aromatic N) is 4. The van der Waals surface area contributed by atoms with Gasteiger partial charge in [0.25, 0.3) is 0 Å². The normalized spacial score (nSPS) is 25.3. The molecule has 2 unspecified atom stereocenters. The van der Waals surface area contributed by atoms with Crippen molar-refractivity contribution >= 4 is 21.6 Å². The van der Waals surface area contributed by atoms with Crippen LogP contribution in [0.15, 0.2) is 21.5 Å². The first-order chi connectivity index (χ1) is 15.9. The summed E-state index contributed by atoms with van der Waals surface area (Å²) in [6.07, 6.45) is 4.93. The number of hydrogen-bond acceptors (Lipinski definition) is 5. The molecular formula is C22H27FN6O3S. The van der Waals surface area contributed by atoms with Crippen molar-refractivity contribution in [1.82, 2.24) is 14.7 Å². The van der Waals surface area contributed by atoms with Crippen LogP contribution in [0.1, 0.15) is 35.1 Å². The van der Waals surface area contributed by atoms with E-state index in [4.69, 9.17) is 9.88 Å². The van der Waals surface area contributed by atoms with E-state index in [1.807, 2.05) is 0 Å². The average molecular weight is 475 g/mol. The third kappa shape index (κ3) is 3.62. The number of fused-ring (bicyclic) bond motifs is 3. The Morgan fingerprint density at radius 1 is 1.24 bits per heavy atom. The number of halogens is 1. The zero-order chi connectivity index (χ0) is 22.7. The van der Waals surface area contributed by atoms with Gasteiger partial charge in [0, 0.05) is 18.5 Å². The third-order valence-corrected chi connectivity index (χ3v) is 8.54. The summed E-state index contributed by atoms with van der Waals surface area (Å²) < 4.78 is 38.7. The molecule has 33 heavy (non-hydrogen) atoms. The minimum Gasteiger partial charge on any atom is -0.475 e. The van der Waals surface area contributed by atoms with Crippen molar-refractivity contribution in [1.29, 1.82) is 0 Å². The van der Waals surface area contributed by atoms with Gasteiger partial charge < -0.3 is 10.1 Å². The monoisotopic (exact) mass is 474 g/mol. The number of urea groups is 1. The number of nitrogens with one attached hydrogen (secondary N) is 1. The van der Waals surface area contributed by atoms with E-state index in [0.29, 0.717) is 31.1 Å². The molecule has 2 aromatic rings. The predicted molar refractivity (Wildman–Crippen MR) is 121 cm³/mol. The van der Waals surface area contributed by atoms with Crippen LogP contribution in [0, 0.1) is 0 Å². The molecule has 2 aliphatic heterocycles. The number of carbonyl (C=O) groups excluding carboxylic acids is 1. The van der Waals surface area contributed by atoms with Crippen molar-refractivity contribution in [3.63, 3.8) is 0 Å². The average Bonchev–Trinajstić information content (AvgIpc) is 3.43. The Labute approximate surface area is 191 Å². The van der Waals surface area contributed by atoms with E-state index in [1.165, 1.54) is 12.6 Å². The summed E-state index contributed by atoms with van der Waals surface area (Å²) in [5.74, 6) is 0.303. The van der Waals surface area contributed by atoms with E-state index < -0.39 is 22.1 Å². The smallest absolute Gasteiger partial charge is 0.354 e. The van der Waals surface area contributed by atoms with Crippen molar-refractivity contribution in [3.05, 3.63) is 34.5 Å². The molecule has 4 aliphatic rings. The Morgan fingerprint density at radius 3 is 2.88 bits per heavy atom. The van der Waals surface area contributed by atoms with Crippen molar-refractivity contribution in [2.75, 3.05) is 25.0 Å². The van der Waals surface area contributed by atoms with E-state index in [-0.39, 0.29) is 17.4 Å². The number of rotatable bonds is 3. The Kier molecular flexibility index (Phi) is 4.96. The van der Waals surface area contributed by atoms with Crippen LogP contribution in [0.4, 0.5) is 14.9 Å². The standard InChI is InChI=1S/C22H27FN6O3S/c23-15-8-14-7-13-3-1-4-17(13)20(18(14)9-15)26-22(30)27-33(24,31)19-10-25-29-11-16(12-32-21(19)29)28-5-2-6-28/h7,10,15-16H,1-6,8-9,11-12H2,(H3,24,26,27,30,31)/t15?,16-,33?/m0/s1. The first-order valence-electron chi connectivity index (χ1n) is 11.5. The van der Waals surface area contributed by atoms with E-state index in [1.54, 1.807) is 4.68 Å². The fourth-order valence-corrected chi connectivity index (χ4v) is 6.44. The summed E-state index contributed by atoms with van der Waals surface area (Å²) in [6, 6.07) is 1.48. The van der Waals surface area contributed by atoms with Crippen LogP contribution in [0.2, 0.25) is 0 Å². The zero-order valence-corrected chi connectivity index (χ0v) is 19.1. The maximum atomic E-state index is 14.1. The molecule has 1 fully saturated rings. The van der Waals surface area contributed by atoms with Crippen LogP contribution >= 0.6 is 0 Å². The second-order valence-corrected chi connectivity index (χ2v) is 11.1. The second kappa shape index (κ2) is 7.78. The van der Waals surface area contributed by atoms with Crippen LogP contribution in [0.3, 0.4) is 0 Å². The second-order valence-electron chi connectivity index (χ2n) is 9.33. The van der Waals surface area contributed by atoms with Gasteiger partial charge in [0.1, 0.15) is 17.7 Å². The number of carbonyl (C=O) groups is 1. The summed E-state index contributed by atoms with van der Waals surface area (Å²) in [5, 5.41) is 13.1. The molecule has 2 aliphatic carbocycles. The number of nitrogens with two attached hydrogens (primary N) is 1. The van der Waals surface area contributed by atoms with E-state index in [2.05, 4.69) is 25.7 Å². The molecule has 176 valence electrons. The minimum atomic E-state index is -3.58. The van der Waals surface area contributed by atoms with Crippen LogP contribution < -0.4 is 15.2 Å². The Balaban J connectivity index is 1.27. The van der Waals surface area contributed by atoms with Gasteiger partial charge in [0.05, 0.1) is 18.8 Å². The highest BCUT2D eigenvalue weighted by atomic mass is 32.2. The number of aromatic nitrogens is 2. The van der Waals surface area contributed by atoms with Gasteiger partial charge in [-0.25, -0.2) is 23.2 Å². The topological polar surface area (TPSA) is 115 Å². The highest BCUT2D eigenvalue weighted by Gasteiger charge is 2.33. The highest BCUT2D eigenvalue weighted by Crippen LogP contribution is 2.39. The quantitative estimate of drug-likeness (QED) is 0.708. The molecule has 3 atom stereocenters. The van der Waals surface area contributed by atoms with Crippen LogP contribution in [0.25, 0.3) is 0 Å². The molecule has 1 aromatic carbocycles. The number of amides is 2. The maximum absolute atomic E-state index is 14.1. The van der Waals surface area contributed by atoms with Gasteiger partial charge in [0.15, 0.2) is 9.92 Å². The largest absolute Gasteiger partial charge is 0.475 e. The molecule has 9 nitrogen and oxygen atoms in total. The van der Waals surface area contributed by atoms with Gasteiger partial charge in [-0.15, -0.1) is 4.36 Å². The van der Waals surface area contributed by atoms with E-state index in [9.17, 15) is 13.4 Å². The summed E-state index contributed by atoms with van der Waals surface area (Å²) in [5.41, 5.74) is 4.54. The van der Waals surface area contributed by atoms with Gasteiger partial charge in [-0.3, -0.25) is 4.90 Å². The summed E-state index contributed by atoms with van der Waals surface area (Å²) in [6.45, 7) is 3.14. The summed E-state index contributed by atoms with van der Waals surface area (Å²) in [4.78, 5) is 15.3. The van der Waals surface area contributed by atoms with Crippen molar-refractivity contribution in [3.8, 4) is 5.88 Å². The minimum absolute atomic E-state index is 0.118. The SMILES string of the molecule is NS(=O)(=NC(=O)Nc1c2c(cc3c1CC(F)C3)CCC2)c1cnn2c1OC[C@@H](N1CCC1)C2. The number of aryl methyl sites for hydroxylation is 1. The molecule has 2 amide bonds. The molecule has 0 spiro atoms. The van der Waals surface area contributed by atoms with Gasteiger partial charge >= 0.3 is 6.03 Å². The fraction of sp³-hybridized carbons (Fsp3) is 0.545. The molecule has 6 rings (SSSR count). The molecule has 1 saturated heterocycles. The molecule has 0 radical (unpaired) electrons. The van der Waals surface area contributed by atoms with Crippen molar-refractivity contribution in [2.45, 2.75) is 62.2 Å². The van der Waals surface area contributed by atoms with E-state index >= 15 is 0 Å². The maximum Gasteiger partial charge on any atom is 0.354 e. The Hall–Kier alpha value is -2.50. The number of alkyl halides is 1.